The predicted molar refractivity (Wildman–Crippen MR) is 135 cm³/mol. The monoisotopic (exact) mass is 461 g/mol. The fourth-order valence-electron chi connectivity index (χ4n) is 4.34. The molecule has 1 aromatic carbocycles. The summed E-state index contributed by atoms with van der Waals surface area (Å²) in [6.07, 6.45) is 7.89. The molecule has 0 radical (unpaired) electrons. The lowest BCUT2D eigenvalue weighted by Gasteiger charge is -2.35. The van der Waals surface area contributed by atoms with Gasteiger partial charge in [0.1, 0.15) is 0 Å². The second kappa shape index (κ2) is 9.93. The number of aryl methyl sites for hydroxylation is 1. The zero-order chi connectivity index (χ0) is 24.3. The van der Waals surface area contributed by atoms with Gasteiger partial charge in [-0.25, -0.2) is 4.68 Å². The highest BCUT2D eigenvalue weighted by molar-refractivity contribution is 5.91. The van der Waals surface area contributed by atoms with E-state index >= 15 is 0 Å². The maximum absolute atomic E-state index is 12.6. The molecule has 1 aliphatic rings. The van der Waals surface area contributed by atoms with Gasteiger partial charge in [0.25, 0.3) is 5.91 Å². The Kier molecular flexibility index (Phi) is 6.97. The summed E-state index contributed by atoms with van der Waals surface area (Å²) in [4.78, 5) is 19.4. The second-order valence-electron chi connectivity index (χ2n) is 10.0. The Labute approximate surface area is 201 Å². The Morgan fingerprint density at radius 1 is 1.24 bits per heavy atom. The zero-order valence-electron chi connectivity index (χ0n) is 20.8. The fraction of sp³-hybridized carbons (Fsp3) is 0.462. The number of carbonyl (C=O) groups is 1. The summed E-state index contributed by atoms with van der Waals surface area (Å²) in [6.45, 7) is 10.6. The number of piperidine rings is 1. The summed E-state index contributed by atoms with van der Waals surface area (Å²) < 4.78 is 1.70. The molecule has 0 saturated carbocycles. The normalized spacial score (nSPS) is 16.5. The molecule has 3 aromatic rings. The minimum atomic E-state index is -0.223. The van der Waals surface area contributed by atoms with Gasteiger partial charge in [0.15, 0.2) is 5.69 Å². The SMILES string of the molecule is CN[C@H]1CCCN(c2cnccc2-c2ccc(CNC(=O)c3cn(C(C)(C)C)nn3)c(C)c2)C1. The maximum atomic E-state index is 12.6. The van der Waals surface area contributed by atoms with E-state index in [2.05, 4.69) is 62.0 Å². The first-order valence-corrected chi connectivity index (χ1v) is 11.9. The first-order valence-electron chi connectivity index (χ1n) is 11.9. The molecule has 0 unspecified atom stereocenters. The number of anilines is 1. The Bertz CT molecular complexity index is 1150. The third kappa shape index (κ3) is 5.28. The molecule has 34 heavy (non-hydrogen) atoms. The van der Waals surface area contributed by atoms with E-state index < -0.39 is 0 Å². The van der Waals surface area contributed by atoms with Gasteiger partial charge in [-0.1, -0.05) is 23.4 Å². The highest BCUT2D eigenvalue weighted by Crippen LogP contribution is 2.32. The van der Waals surface area contributed by atoms with E-state index in [0.717, 1.165) is 29.8 Å². The van der Waals surface area contributed by atoms with Crippen LogP contribution in [0.25, 0.3) is 11.1 Å². The number of rotatable bonds is 6. The molecule has 8 heteroatoms. The molecule has 0 aliphatic carbocycles. The quantitative estimate of drug-likeness (QED) is 0.584. The summed E-state index contributed by atoms with van der Waals surface area (Å²) in [5, 5.41) is 14.5. The molecule has 4 rings (SSSR count). The lowest BCUT2D eigenvalue weighted by Crippen LogP contribution is -2.44. The van der Waals surface area contributed by atoms with E-state index in [4.69, 9.17) is 0 Å². The molecule has 2 N–H and O–H groups in total. The molecule has 1 fully saturated rings. The Balaban J connectivity index is 1.48. The van der Waals surface area contributed by atoms with Crippen molar-refractivity contribution in [1.29, 1.82) is 0 Å². The van der Waals surface area contributed by atoms with Gasteiger partial charge in [-0.05, 0) is 70.3 Å². The number of hydrogen-bond donors (Lipinski definition) is 2. The van der Waals surface area contributed by atoms with Crippen LogP contribution in [0.3, 0.4) is 0 Å². The molecule has 1 aliphatic heterocycles. The number of benzene rings is 1. The maximum Gasteiger partial charge on any atom is 0.273 e. The van der Waals surface area contributed by atoms with Crippen LogP contribution in [0, 0.1) is 6.92 Å². The highest BCUT2D eigenvalue weighted by Gasteiger charge is 2.22. The van der Waals surface area contributed by atoms with Crippen LogP contribution >= 0.6 is 0 Å². The lowest BCUT2D eigenvalue weighted by atomic mass is 9.97. The van der Waals surface area contributed by atoms with E-state index in [-0.39, 0.29) is 11.4 Å². The number of nitrogens with zero attached hydrogens (tertiary/aromatic N) is 5. The molecular formula is C26H35N7O. The first kappa shape index (κ1) is 23.9. The summed E-state index contributed by atoms with van der Waals surface area (Å²) in [7, 11) is 2.03. The van der Waals surface area contributed by atoms with Crippen molar-refractivity contribution in [3.63, 3.8) is 0 Å². The topological polar surface area (TPSA) is 88.0 Å². The van der Waals surface area contributed by atoms with Crippen molar-refractivity contribution in [3.05, 3.63) is 59.7 Å². The lowest BCUT2D eigenvalue weighted by molar-refractivity contribution is 0.0945. The largest absolute Gasteiger partial charge is 0.368 e. The Hall–Kier alpha value is -3.26. The van der Waals surface area contributed by atoms with Gasteiger partial charge in [-0.3, -0.25) is 9.78 Å². The van der Waals surface area contributed by atoms with Gasteiger partial charge in [0.2, 0.25) is 0 Å². The summed E-state index contributed by atoms with van der Waals surface area (Å²) in [6, 6.07) is 9.00. The van der Waals surface area contributed by atoms with E-state index in [1.165, 1.54) is 24.1 Å². The number of aromatic nitrogens is 4. The fourth-order valence-corrected chi connectivity index (χ4v) is 4.34. The number of pyridine rings is 1. The summed E-state index contributed by atoms with van der Waals surface area (Å²) in [5.41, 5.74) is 5.83. The third-order valence-corrected chi connectivity index (χ3v) is 6.48. The van der Waals surface area contributed by atoms with Crippen LogP contribution in [0.2, 0.25) is 0 Å². The second-order valence-corrected chi connectivity index (χ2v) is 10.0. The number of carbonyl (C=O) groups excluding carboxylic acids is 1. The van der Waals surface area contributed by atoms with Crippen molar-refractivity contribution in [1.82, 2.24) is 30.6 Å². The van der Waals surface area contributed by atoms with E-state index in [1.807, 2.05) is 40.2 Å². The average molecular weight is 462 g/mol. The van der Waals surface area contributed by atoms with Gasteiger partial charge in [0, 0.05) is 37.4 Å². The molecule has 1 atom stereocenters. The van der Waals surface area contributed by atoms with Crippen LogP contribution in [0.4, 0.5) is 5.69 Å². The first-order chi connectivity index (χ1) is 16.3. The number of nitrogens with one attached hydrogen (secondary N) is 2. The minimum Gasteiger partial charge on any atom is -0.368 e. The van der Waals surface area contributed by atoms with Gasteiger partial charge in [0.05, 0.1) is 23.6 Å². The number of amides is 1. The molecule has 2 aromatic heterocycles. The van der Waals surface area contributed by atoms with Gasteiger partial charge >= 0.3 is 0 Å². The summed E-state index contributed by atoms with van der Waals surface area (Å²) in [5.74, 6) is -0.223. The van der Waals surface area contributed by atoms with Crippen molar-refractivity contribution in [3.8, 4) is 11.1 Å². The zero-order valence-corrected chi connectivity index (χ0v) is 20.8. The van der Waals surface area contributed by atoms with E-state index in [1.54, 1.807) is 10.9 Å². The Morgan fingerprint density at radius 2 is 2.06 bits per heavy atom. The van der Waals surface area contributed by atoms with Crippen molar-refractivity contribution < 1.29 is 4.79 Å². The highest BCUT2D eigenvalue weighted by atomic mass is 16.2. The van der Waals surface area contributed by atoms with Crippen molar-refractivity contribution in [2.75, 3.05) is 25.0 Å². The minimum absolute atomic E-state index is 0.216. The van der Waals surface area contributed by atoms with Crippen molar-refractivity contribution >= 4 is 11.6 Å². The molecule has 0 bridgehead atoms. The van der Waals surface area contributed by atoms with Crippen LogP contribution < -0.4 is 15.5 Å². The number of hydrogen-bond acceptors (Lipinski definition) is 6. The van der Waals surface area contributed by atoms with Crippen molar-refractivity contribution in [2.45, 2.75) is 58.7 Å². The smallest absolute Gasteiger partial charge is 0.273 e. The summed E-state index contributed by atoms with van der Waals surface area (Å²) >= 11 is 0. The van der Waals surface area contributed by atoms with Crippen LogP contribution in [-0.2, 0) is 12.1 Å². The molecule has 1 saturated heterocycles. The molecule has 180 valence electrons. The molecule has 3 heterocycles. The molecule has 8 nitrogen and oxygen atoms in total. The van der Waals surface area contributed by atoms with Gasteiger partial charge in [-0.2, -0.15) is 0 Å². The predicted octanol–water partition coefficient (Wildman–Crippen LogP) is 3.52. The van der Waals surface area contributed by atoms with Crippen LogP contribution in [-0.4, -0.2) is 52.1 Å². The van der Waals surface area contributed by atoms with Crippen LogP contribution in [0.5, 0.6) is 0 Å². The average Bonchev–Trinajstić information content (AvgIpc) is 3.34. The standard InChI is InChI=1S/C26H35N7O/c1-18-13-19(22-10-11-28-15-24(22)32-12-6-7-21(16-32)27-5)8-9-20(18)14-29-25(34)23-17-33(31-30-23)26(2,3)4/h8-11,13,15,17,21,27H,6-7,12,14,16H2,1-5H3,(H,29,34)/t21-/m0/s1. The third-order valence-electron chi connectivity index (χ3n) is 6.48. The molecule has 0 spiro atoms. The van der Waals surface area contributed by atoms with E-state index in [0.29, 0.717) is 18.3 Å². The van der Waals surface area contributed by atoms with Crippen LogP contribution in [0.1, 0.15) is 55.2 Å². The number of likely N-dealkylation sites (N-methyl/N-ethyl adjacent to an activating group) is 1. The van der Waals surface area contributed by atoms with Gasteiger partial charge in [-0.15, -0.1) is 5.10 Å². The Morgan fingerprint density at radius 3 is 2.76 bits per heavy atom. The van der Waals surface area contributed by atoms with E-state index in [9.17, 15) is 4.79 Å². The molecular weight excluding hydrogens is 426 g/mol. The van der Waals surface area contributed by atoms with Crippen molar-refractivity contribution in [2.24, 2.45) is 0 Å². The van der Waals surface area contributed by atoms with Crippen LogP contribution in [0.15, 0.2) is 42.9 Å². The molecule has 1 amide bonds. The van der Waals surface area contributed by atoms with Gasteiger partial charge < -0.3 is 15.5 Å².